The van der Waals surface area contributed by atoms with Crippen LogP contribution in [-0.2, 0) is 11.3 Å². The summed E-state index contributed by atoms with van der Waals surface area (Å²) in [4.78, 5) is 12.3. The van der Waals surface area contributed by atoms with E-state index in [1.165, 1.54) is 0 Å². The number of hydrogen-bond acceptors (Lipinski definition) is 4. The van der Waals surface area contributed by atoms with Crippen LogP contribution < -0.4 is 21.1 Å². The summed E-state index contributed by atoms with van der Waals surface area (Å²) in [5.41, 5.74) is 7.07. The number of halogens is 1. The van der Waals surface area contributed by atoms with E-state index in [-0.39, 0.29) is 23.9 Å². The molecule has 2 aromatic carbocycles. The number of carbonyl (C=O) groups is 1. The summed E-state index contributed by atoms with van der Waals surface area (Å²) < 4.78 is 5.91. The van der Waals surface area contributed by atoms with Gasteiger partial charge in [0.05, 0.1) is 6.04 Å². The second-order valence-corrected chi connectivity index (χ2v) is 6.66. The number of ether oxygens (including phenoxy) is 1. The zero-order valence-electron chi connectivity index (χ0n) is 14.2. The minimum absolute atomic E-state index is 0.00160. The van der Waals surface area contributed by atoms with Crippen molar-refractivity contribution in [2.45, 2.75) is 25.1 Å². The van der Waals surface area contributed by atoms with Gasteiger partial charge in [-0.15, -0.1) is 0 Å². The van der Waals surface area contributed by atoms with E-state index in [1.807, 2.05) is 24.3 Å². The lowest BCUT2D eigenvalue weighted by Crippen LogP contribution is -2.39. The van der Waals surface area contributed by atoms with Crippen molar-refractivity contribution >= 4 is 23.3 Å². The van der Waals surface area contributed by atoms with Crippen molar-refractivity contribution in [3.63, 3.8) is 0 Å². The summed E-state index contributed by atoms with van der Waals surface area (Å²) in [6, 6.07) is 14.2. The molecule has 0 bridgehead atoms. The summed E-state index contributed by atoms with van der Waals surface area (Å²) >= 11 is 5.95. The molecule has 1 aliphatic heterocycles. The van der Waals surface area contributed by atoms with Gasteiger partial charge in [-0.05, 0) is 29.8 Å². The molecule has 2 atom stereocenters. The molecule has 0 spiro atoms. The predicted octanol–water partition coefficient (Wildman–Crippen LogP) is 2.05. The van der Waals surface area contributed by atoms with E-state index in [2.05, 4.69) is 10.6 Å². The van der Waals surface area contributed by atoms with Gasteiger partial charge in [0.25, 0.3) is 0 Å². The number of nitrogen functional groups attached to an aromatic ring is 1. The smallest absolute Gasteiger partial charge is 0.237 e. The molecule has 0 aliphatic carbocycles. The van der Waals surface area contributed by atoms with Gasteiger partial charge in [0.1, 0.15) is 17.7 Å². The summed E-state index contributed by atoms with van der Waals surface area (Å²) in [5.74, 6) is 0.580. The van der Waals surface area contributed by atoms with Crippen LogP contribution in [0.2, 0.25) is 5.02 Å². The molecule has 3 rings (SSSR count). The van der Waals surface area contributed by atoms with Crippen LogP contribution in [0.15, 0.2) is 48.5 Å². The van der Waals surface area contributed by atoms with E-state index in [0.717, 1.165) is 5.56 Å². The van der Waals surface area contributed by atoms with Crippen LogP contribution in [-0.4, -0.2) is 30.4 Å². The van der Waals surface area contributed by atoms with Gasteiger partial charge in [0.15, 0.2) is 0 Å². The van der Waals surface area contributed by atoms with E-state index in [9.17, 15) is 4.79 Å². The SMILES string of the molecule is N=C(N)c1cccc(OC2CNC(C(=O)NCc3cccc(Cl)c3)C2)c1. The molecule has 1 aliphatic rings. The van der Waals surface area contributed by atoms with Crippen molar-refractivity contribution < 1.29 is 9.53 Å². The number of nitrogens with two attached hydrogens (primary N) is 1. The number of hydrogen-bond donors (Lipinski definition) is 4. The summed E-state index contributed by atoms with van der Waals surface area (Å²) in [5, 5.41) is 14.2. The molecular weight excluding hydrogens is 352 g/mol. The van der Waals surface area contributed by atoms with Crippen LogP contribution >= 0.6 is 11.6 Å². The van der Waals surface area contributed by atoms with Crippen molar-refractivity contribution in [1.29, 1.82) is 5.41 Å². The number of amides is 1. The summed E-state index contributed by atoms with van der Waals surface area (Å²) in [6.45, 7) is 1.02. The van der Waals surface area contributed by atoms with E-state index in [4.69, 9.17) is 27.5 Å². The van der Waals surface area contributed by atoms with Crippen LogP contribution in [0.3, 0.4) is 0 Å². The summed E-state index contributed by atoms with van der Waals surface area (Å²) in [6.07, 6.45) is 0.463. The lowest BCUT2D eigenvalue weighted by atomic mass is 10.1. The van der Waals surface area contributed by atoms with E-state index < -0.39 is 0 Å². The van der Waals surface area contributed by atoms with Crippen molar-refractivity contribution in [2.75, 3.05) is 6.54 Å². The highest BCUT2D eigenvalue weighted by Crippen LogP contribution is 2.19. The van der Waals surface area contributed by atoms with E-state index in [0.29, 0.717) is 35.8 Å². The molecule has 136 valence electrons. The highest BCUT2D eigenvalue weighted by molar-refractivity contribution is 6.30. The van der Waals surface area contributed by atoms with Crippen LogP contribution in [0, 0.1) is 5.41 Å². The maximum atomic E-state index is 12.3. The zero-order valence-corrected chi connectivity index (χ0v) is 14.9. The Balaban J connectivity index is 1.51. The topological polar surface area (TPSA) is 100 Å². The molecule has 0 aromatic heterocycles. The number of benzene rings is 2. The standard InChI is InChI=1S/C19H21ClN4O2/c20-14-5-1-3-12(7-14)10-24-19(25)17-9-16(11-23-17)26-15-6-2-4-13(8-15)18(21)22/h1-8,16-17,23H,9-11H2,(H3,21,22)(H,24,25). The second-order valence-electron chi connectivity index (χ2n) is 6.23. The Labute approximate surface area is 157 Å². The quantitative estimate of drug-likeness (QED) is 0.460. The third kappa shape index (κ3) is 4.74. The first-order valence-electron chi connectivity index (χ1n) is 8.38. The van der Waals surface area contributed by atoms with E-state index in [1.54, 1.807) is 24.3 Å². The molecule has 2 aromatic rings. The fraction of sp³-hybridized carbons (Fsp3) is 0.263. The Morgan fingerprint density at radius 3 is 2.88 bits per heavy atom. The van der Waals surface area contributed by atoms with Crippen LogP contribution in [0.25, 0.3) is 0 Å². The highest BCUT2D eigenvalue weighted by atomic mass is 35.5. The average molecular weight is 373 g/mol. The number of nitrogens with one attached hydrogen (secondary N) is 3. The monoisotopic (exact) mass is 372 g/mol. The minimum Gasteiger partial charge on any atom is -0.489 e. The Hall–Kier alpha value is -2.57. The predicted molar refractivity (Wildman–Crippen MR) is 102 cm³/mol. The molecule has 6 nitrogen and oxygen atoms in total. The average Bonchev–Trinajstić information content (AvgIpc) is 3.08. The summed E-state index contributed by atoms with van der Waals surface area (Å²) in [7, 11) is 0. The molecule has 1 saturated heterocycles. The van der Waals surface area contributed by atoms with Gasteiger partial charge < -0.3 is 21.1 Å². The van der Waals surface area contributed by atoms with Gasteiger partial charge in [0, 0.05) is 30.1 Å². The van der Waals surface area contributed by atoms with Crippen LogP contribution in [0.1, 0.15) is 17.5 Å². The van der Waals surface area contributed by atoms with Crippen molar-refractivity contribution in [3.05, 3.63) is 64.7 Å². The van der Waals surface area contributed by atoms with E-state index >= 15 is 0 Å². The fourth-order valence-electron chi connectivity index (χ4n) is 2.88. The number of amidine groups is 1. The zero-order chi connectivity index (χ0) is 18.5. The third-order valence-corrected chi connectivity index (χ3v) is 4.45. The molecule has 5 N–H and O–H groups in total. The molecule has 2 unspecified atom stereocenters. The lowest BCUT2D eigenvalue weighted by molar-refractivity contribution is -0.123. The largest absolute Gasteiger partial charge is 0.489 e. The van der Waals surface area contributed by atoms with Crippen molar-refractivity contribution in [2.24, 2.45) is 5.73 Å². The highest BCUT2D eigenvalue weighted by Gasteiger charge is 2.30. The van der Waals surface area contributed by atoms with Crippen molar-refractivity contribution in [3.8, 4) is 5.75 Å². The van der Waals surface area contributed by atoms with Gasteiger partial charge >= 0.3 is 0 Å². The molecule has 1 heterocycles. The maximum Gasteiger partial charge on any atom is 0.237 e. The molecular formula is C19H21ClN4O2. The van der Waals surface area contributed by atoms with Gasteiger partial charge in [-0.3, -0.25) is 10.2 Å². The maximum absolute atomic E-state index is 12.3. The first kappa shape index (κ1) is 18.2. The number of rotatable bonds is 6. The Kier molecular flexibility index (Phi) is 5.75. The lowest BCUT2D eigenvalue weighted by Gasteiger charge is -2.14. The molecule has 1 amide bonds. The molecule has 1 fully saturated rings. The molecule has 26 heavy (non-hydrogen) atoms. The first-order chi connectivity index (χ1) is 12.5. The van der Waals surface area contributed by atoms with Gasteiger partial charge in [-0.25, -0.2) is 0 Å². The van der Waals surface area contributed by atoms with Crippen LogP contribution in [0.5, 0.6) is 5.75 Å². The molecule has 0 radical (unpaired) electrons. The van der Waals surface area contributed by atoms with Crippen molar-refractivity contribution in [1.82, 2.24) is 10.6 Å². The Morgan fingerprint density at radius 1 is 1.31 bits per heavy atom. The fourth-order valence-corrected chi connectivity index (χ4v) is 3.09. The van der Waals surface area contributed by atoms with Gasteiger partial charge in [-0.1, -0.05) is 35.9 Å². The Bertz CT molecular complexity index is 812. The van der Waals surface area contributed by atoms with Gasteiger partial charge in [-0.2, -0.15) is 0 Å². The Morgan fingerprint density at radius 2 is 2.12 bits per heavy atom. The molecule has 7 heteroatoms. The van der Waals surface area contributed by atoms with Gasteiger partial charge in [0.2, 0.25) is 5.91 Å². The van der Waals surface area contributed by atoms with Crippen LogP contribution in [0.4, 0.5) is 0 Å². The normalized spacial score (nSPS) is 19.1. The molecule has 0 saturated carbocycles. The first-order valence-corrected chi connectivity index (χ1v) is 8.76. The minimum atomic E-state index is -0.296. The third-order valence-electron chi connectivity index (χ3n) is 4.21. The second kappa shape index (κ2) is 8.21. The number of carbonyl (C=O) groups excluding carboxylic acids is 1.